The number of rotatable bonds is 6. The first kappa shape index (κ1) is 24.9. The molecule has 1 saturated heterocycles. The summed E-state index contributed by atoms with van der Waals surface area (Å²) >= 11 is 14.1. The zero-order chi connectivity index (χ0) is 25.1. The molecule has 0 radical (unpaired) electrons. The van der Waals surface area contributed by atoms with Gasteiger partial charge in [-0.15, -0.1) is 0 Å². The number of likely N-dealkylation sites (N-methyl/N-ethyl adjacent to an activating group) is 1. The van der Waals surface area contributed by atoms with Crippen molar-refractivity contribution in [3.05, 3.63) is 97.9 Å². The molecule has 178 valence electrons. The van der Waals surface area contributed by atoms with Crippen molar-refractivity contribution in [3.63, 3.8) is 0 Å². The van der Waals surface area contributed by atoms with Crippen LogP contribution in [0.15, 0.2) is 70.6 Å². The van der Waals surface area contributed by atoms with E-state index in [2.05, 4.69) is 4.99 Å². The van der Waals surface area contributed by atoms with E-state index in [-0.39, 0.29) is 11.5 Å². The predicted octanol–water partition coefficient (Wildman–Crippen LogP) is 6.81. The molecule has 0 atom stereocenters. The summed E-state index contributed by atoms with van der Waals surface area (Å²) in [5.74, 6) is -0.912. The van der Waals surface area contributed by atoms with E-state index in [0.717, 1.165) is 11.1 Å². The van der Waals surface area contributed by atoms with Gasteiger partial charge in [0.1, 0.15) is 6.61 Å². The van der Waals surface area contributed by atoms with Gasteiger partial charge in [-0.3, -0.25) is 9.69 Å². The number of aliphatic imine (C=N–C) groups is 1. The molecule has 1 amide bonds. The Labute approximate surface area is 216 Å². The van der Waals surface area contributed by atoms with Gasteiger partial charge >= 0.3 is 5.97 Å². The second-order valence-corrected chi connectivity index (χ2v) is 9.64. The van der Waals surface area contributed by atoms with Crippen molar-refractivity contribution in [2.45, 2.75) is 13.5 Å². The number of amidine groups is 1. The molecule has 9 heteroatoms. The topological polar surface area (TPSA) is 79.2 Å². The molecule has 1 N–H and O–H groups in total. The molecule has 0 aliphatic carbocycles. The number of hydrogen-bond acceptors (Lipinski definition) is 5. The van der Waals surface area contributed by atoms with Gasteiger partial charge in [0, 0.05) is 7.05 Å². The fraction of sp³-hybridized carbons (Fsp3) is 0.115. The van der Waals surface area contributed by atoms with Crippen molar-refractivity contribution in [1.82, 2.24) is 4.90 Å². The number of nitrogens with zero attached hydrogens (tertiary/aromatic N) is 2. The van der Waals surface area contributed by atoms with Crippen LogP contribution in [-0.4, -0.2) is 34.1 Å². The molecule has 3 aromatic carbocycles. The summed E-state index contributed by atoms with van der Waals surface area (Å²) in [5, 5.41) is 10.3. The fourth-order valence-corrected chi connectivity index (χ4v) is 4.86. The Kier molecular flexibility index (Phi) is 7.50. The predicted molar refractivity (Wildman–Crippen MR) is 141 cm³/mol. The molecule has 1 aliphatic rings. The summed E-state index contributed by atoms with van der Waals surface area (Å²) in [6.07, 6.45) is 1.68. The first-order chi connectivity index (χ1) is 16.7. The van der Waals surface area contributed by atoms with Crippen molar-refractivity contribution in [1.29, 1.82) is 0 Å². The average Bonchev–Trinajstić information content (AvgIpc) is 3.07. The standard InChI is InChI=1S/C26H20Cl2N2O4S/c1-15-6-8-16(9-7-15)14-34-23-20(27)10-17(11-21(23)28)12-22-24(31)30(2)26(35-22)29-19-5-3-4-18(13-19)25(32)33/h3-13H,14H2,1-2H3,(H,32,33)/b22-12-,29-26?. The van der Waals surface area contributed by atoms with E-state index in [4.69, 9.17) is 27.9 Å². The Morgan fingerprint density at radius 3 is 2.46 bits per heavy atom. The number of ether oxygens (including phenoxy) is 1. The first-order valence-electron chi connectivity index (χ1n) is 10.5. The number of carbonyl (C=O) groups is 2. The number of carboxylic acid groups (broad SMARTS) is 1. The highest BCUT2D eigenvalue weighted by atomic mass is 35.5. The van der Waals surface area contributed by atoms with E-state index >= 15 is 0 Å². The maximum absolute atomic E-state index is 12.8. The van der Waals surface area contributed by atoms with Gasteiger partial charge < -0.3 is 9.84 Å². The van der Waals surface area contributed by atoms with Crippen LogP contribution < -0.4 is 4.74 Å². The van der Waals surface area contributed by atoms with Crippen LogP contribution in [0.1, 0.15) is 27.0 Å². The third-order valence-electron chi connectivity index (χ3n) is 5.14. The zero-order valence-electron chi connectivity index (χ0n) is 18.8. The molecule has 35 heavy (non-hydrogen) atoms. The minimum atomic E-state index is -1.05. The van der Waals surface area contributed by atoms with Crippen LogP contribution >= 0.6 is 35.0 Å². The molecule has 0 bridgehead atoms. The van der Waals surface area contributed by atoms with Gasteiger partial charge in [-0.05, 0) is 66.2 Å². The molecule has 0 saturated carbocycles. The van der Waals surface area contributed by atoms with E-state index in [0.29, 0.717) is 43.7 Å². The maximum Gasteiger partial charge on any atom is 0.335 e. The van der Waals surface area contributed by atoms with Crippen LogP contribution in [0.4, 0.5) is 5.69 Å². The highest BCUT2D eigenvalue weighted by Gasteiger charge is 2.30. The summed E-state index contributed by atoms with van der Waals surface area (Å²) < 4.78 is 5.84. The van der Waals surface area contributed by atoms with Crippen LogP contribution in [0.5, 0.6) is 5.75 Å². The number of aromatic carboxylic acids is 1. The molecule has 1 fully saturated rings. The van der Waals surface area contributed by atoms with E-state index in [1.165, 1.54) is 28.8 Å². The van der Waals surface area contributed by atoms with Crippen LogP contribution in [0, 0.1) is 6.92 Å². The molecule has 1 aliphatic heterocycles. The number of benzene rings is 3. The van der Waals surface area contributed by atoms with E-state index < -0.39 is 5.97 Å². The van der Waals surface area contributed by atoms with Crippen LogP contribution in [0.2, 0.25) is 10.0 Å². The number of amides is 1. The number of carboxylic acids is 1. The van der Waals surface area contributed by atoms with Crippen LogP contribution in [0.3, 0.4) is 0 Å². The fourth-order valence-electron chi connectivity index (χ4n) is 3.26. The monoisotopic (exact) mass is 526 g/mol. The molecule has 0 unspecified atom stereocenters. The molecule has 4 rings (SSSR count). The van der Waals surface area contributed by atoms with Crippen molar-refractivity contribution in [2.24, 2.45) is 4.99 Å². The summed E-state index contributed by atoms with van der Waals surface area (Å²) in [7, 11) is 1.61. The Bertz CT molecular complexity index is 1350. The maximum atomic E-state index is 12.8. The third-order valence-corrected chi connectivity index (χ3v) is 6.77. The highest BCUT2D eigenvalue weighted by molar-refractivity contribution is 8.18. The van der Waals surface area contributed by atoms with Gasteiger partial charge in [0.05, 0.1) is 26.2 Å². The summed E-state index contributed by atoms with van der Waals surface area (Å²) in [4.78, 5) is 30.3. The van der Waals surface area contributed by atoms with Gasteiger partial charge in [0.25, 0.3) is 5.91 Å². The number of aryl methyl sites for hydroxylation is 1. The zero-order valence-corrected chi connectivity index (χ0v) is 21.1. The number of halogens is 2. The third kappa shape index (κ3) is 5.88. The molecule has 6 nitrogen and oxygen atoms in total. The second kappa shape index (κ2) is 10.6. The number of thioether (sulfide) groups is 1. The van der Waals surface area contributed by atoms with Gasteiger partial charge in [-0.25, -0.2) is 9.79 Å². The van der Waals surface area contributed by atoms with Crippen LogP contribution in [-0.2, 0) is 11.4 Å². The summed E-state index contributed by atoms with van der Waals surface area (Å²) in [6.45, 7) is 2.34. The molecule has 1 heterocycles. The largest absolute Gasteiger partial charge is 0.486 e. The first-order valence-corrected chi connectivity index (χ1v) is 12.1. The van der Waals surface area contributed by atoms with E-state index in [1.54, 1.807) is 37.4 Å². The lowest BCUT2D eigenvalue weighted by Crippen LogP contribution is -2.23. The quantitative estimate of drug-likeness (QED) is 0.356. The van der Waals surface area contributed by atoms with Gasteiger partial charge in [-0.2, -0.15) is 0 Å². The van der Waals surface area contributed by atoms with E-state index in [1.807, 2.05) is 31.2 Å². The minimum Gasteiger partial charge on any atom is -0.486 e. The summed E-state index contributed by atoms with van der Waals surface area (Å²) in [6, 6.07) is 17.5. The Balaban J connectivity index is 1.54. The highest BCUT2D eigenvalue weighted by Crippen LogP contribution is 2.38. The molecular weight excluding hydrogens is 507 g/mol. The van der Waals surface area contributed by atoms with Gasteiger partial charge in [0.15, 0.2) is 10.9 Å². The van der Waals surface area contributed by atoms with Crippen molar-refractivity contribution < 1.29 is 19.4 Å². The normalized spacial score (nSPS) is 15.8. The average molecular weight is 527 g/mol. The Morgan fingerprint density at radius 2 is 1.80 bits per heavy atom. The number of hydrogen-bond donors (Lipinski definition) is 1. The molecule has 3 aromatic rings. The van der Waals surface area contributed by atoms with Crippen LogP contribution in [0.25, 0.3) is 6.08 Å². The molecule has 0 spiro atoms. The lowest BCUT2D eigenvalue weighted by atomic mass is 10.1. The lowest BCUT2D eigenvalue weighted by Gasteiger charge is -2.11. The lowest BCUT2D eigenvalue weighted by molar-refractivity contribution is -0.121. The van der Waals surface area contributed by atoms with E-state index in [9.17, 15) is 14.7 Å². The van der Waals surface area contributed by atoms with Gasteiger partial charge in [0.2, 0.25) is 0 Å². The smallest absolute Gasteiger partial charge is 0.335 e. The van der Waals surface area contributed by atoms with Crippen molar-refractivity contribution in [2.75, 3.05) is 7.05 Å². The van der Waals surface area contributed by atoms with Gasteiger partial charge in [-0.1, -0.05) is 59.1 Å². The number of carbonyl (C=O) groups excluding carboxylic acids is 1. The Hall–Kier alpha value is -3.26. The summed E-state index contributed by atoms with van der Waals surface area (Å²) in [5.41, 5.74) is 3.35. The Morgan fingerprint density at radius 1 is 1.11 bits per heavy atom. The minimum absolute atomic E-state index is 0.119. The van der Waals surface area contributed by atoms with Crippen molar-refractivity contribution in [3.8, 4) is 5.75 Å². The molecular formula is C26H20Cl2N2O4S. The van der Waals surface area contributed by atoms with Crippen molar-refractivity contribution >= 4 is 63.8 Å². The second-order valence-electron chi connectivity index (χ2n) is 7.81. The SMILES string of the molecule is Cc1ccc(COc2c(Cl)cc(/C=C3\SC(=Nc4cccc(C(=O)O)c4)N(C)C3=O)cc2Cl)cc1. The molecule has 0 aromatic heterocycles.